The summed E-state index contributed by atoms with van der Waals surface area (Å²) in [6.45, 7) is 0.317. The van der Waals surface area contributed by atoms with Gasteiger partial charge in [-0.25, -0.2) is 8.78 Å². The van der Waals surface area contributed by atoms with Crippen LogP contribution in [0.1, 0.15) is 5.56 Å². The van der Waals surface area contributed by atoms with Gasteiger partial charge in [0.1, 0.15) is 10.8 Å². The Morgan fingerprint density at radius 2 is 2.14 bits per heavy atom. The predicted octanol–water partition coefficient (Wildman–Crippen LogP) is 2.13. The van der Waals surface area contributed by atoms with Gasteiger partial charge in [-0.1, -0.05) is 11.6 Å². The van der Waals surface area contributed by atoms with Gasteiger partial charge in [-0.15, -0.1) is 0 Å². The maximum absolute atomic E-state index is 13.0. The van der Waals surface area contributed by atoms with Gasteiger partial charge in [0.15, 0.2) is 11.6 Å². The first-order valence-electron chi connectivity index (χ1n) is 4.02. The van der Waals surface area contributed by atoms with Gasteiger partial charge in [0.05, 0.1) is 7.11 Å². The number of methoxy groups -OCH3 is 1. The van der Waals surface area contributed by atoms with Crippen LogP contribution in [0.15, 0.2) is 6.07 Å². The molecule has 0 aliphatic heterocycles. The Bertz CT molecular complexity index is 344. The van der Waals surface area contributed by atoms with E-state index in [2.05, 4.69) is 0 Å². The topological polar surface area (TPSA) is 35.2 Å². The van der Waals surface area contributed by atoms with Crippen LogP contribution in [0.3, 0.4) is 0 Å². The second-order valence-electron chi connectivity index (χ2n) is 2.72. The highest BCUT2D eigenvalue weighted by molar-refractivity contribution is 6.32. The van der Waals surface area contributed by atoms with E-state index in [-0.39, 0.29) is 10.8 Å². The van der Waals surface area contributed by atoms with Crippen molar-refractivity contribution in [1.82, 2.24) is 0 Å². The van der Waals surface area contributed by atoms with Gasteiger partial charge in [-0.3, -0.25) is 0 Å². The van der Waals surface area contributed by atoms with Gasteiger partial charge in [-0.05, 0) is 19.0 Å². The molecule has 5 heteroatoms. The fourth-order valence-corrected chi connectivity index (χ4v) is 1.48. The van der Waals surface area contributed by atoms with E-state index in [1.807, 2.05) is 0 Å². The molecule has 0 aromatic heterocycles. The summed E-state index contributed by atoms with van der Waals surface area (Å²) < 4.78 is 30.8. The Morgan fingerprint density at radius 3 is 2.64 bits per heavy atom. The molecule has 0 saturated carbocycles. The summed E-state index contributed by atoms with van der Waals surface area (Å²) in [6.07, 6.45) is 0.389. The van der Waals surface area contributed by atoms with Crippen molar-refractivity contribution >= 4 is 11.6 Å². The van der Waals surface area contributed by atoms with Gasteiger partial charge < -0.3 is 10.5 Å². The summed E-state index contributed by atoms with van der Waals surface area (Å²) in [5, 5.41) is -0.337. The maximum Gasteiger partial charge on any atom is 0.181 e. The molecule has 0 amide bonds. The smallest absolute Gasteiger partial charge is 0.181 e. The molecule has 0 aliphatic carbocycles. The lowest BCUT2D eigenvalue weighted by molar-refractivity contribution is 0.401. The fourth-order valence-electron chi connectivity index (χ4n) is 1.19. The molecule has 0 saturated heterocycles. The van der Waals surface area contributed by atoms with Gasteiger partial charge >= 0.3 is 0 Å². The van der Waals surface area contributed by atoms with E-state index in [0.717, 1.165) is 6.07 Å². The molecule has 0 radical (unpaired) electrons. The lowest BCUT2D eigenvalue weighted by Gasteiger charge is -2.10. The third-order valence-corrected chi connectivity index (χ3v) is 2.15. The summed E-state index contributed by atoms with van der Waals surface area (Å²) in [5.74, 6) is -1.93. The number of benzene rings is 1. The Labute approximate surface area is 85.6 Å². The Morgan fingerprint density at radius 1 is 1.50 bits per heavy atom. The first-order chi connectivity index (χ1) is 6.61. The minimum atomic E-state index is -1.09. The van der Waals surface area contributed by atoms with E-state index in [1.165, 1.54) is 7.11 Å². The average molecular weight is 222 g/mol. The molecule has 1 aromatic rings. The van der Waals surface area contributed by atoms with Crippen molar-refractivity contribution in [3.63, 3.8) is 0 Å². The molecule has 1 rings (SSSR count). The lowest BCUT2D eigenvalue weighted by Crippen LogP contribution is -2.06. The zero-order chi connectivity index (χ0) is 10.7. The zero-order valence-electron chi connectivity index (χ0n) is 7.61. The minimum Gasteiger partial charge on any atom is -0.495 e. The molecule has 0 atom stereocenters. The van der Waals surface area contributed by atoms with E-state index in [1.54, 1.807) is 0 Å². The first kappa shape index (κ1) is 11.2. The zero-order valence-corrected chi connectivity index (χ0v) is 8.37. The van der Waals surface area contributed by atoms with E-state index in [9.17, 15) is 8.78 Å². The summed E-state index contributed by atoms with van der Waals surface area (Å²) in [5.41, 5.74) is 5.78. The Balaban J connectivity index is 3.28. The van der Waals surface area contributed by atoms with Crippen LogP contribution in [-0.2, 0) is 6.42 Å². The highest BCUT2D eigenvalue weighted by Crippen LogP contribution is 2.32. The van der Waals surface area contributed by atoms with Crippen LogP contribution in [0.2, 0.25) is 5.02 Å². The highest BCUT2D eigenvalue weighted by atomic mass is 35.5. The van der Waals surface area contributed by atoms with Crippen LogP contribution in [0, 0.1) is 11.6 Å². The lowest BCUT2D eigenvalue weighted by atomic mass is 10.1. The van der Waals surface area contributed by atoms with E-state index < -0.39 is 11.6 Å². The van der Waals surface area contributed by atoms with E-state index >= 15 is 0 Å². The molecule has 78 valence electrons. The molecule has 0 spiro atoms. The first-order valence-corrected chi connectivity index (χ1v) is 4.40. The van der Waals surface area contributed by atoms with Crippen LogP contribution in [0.4, 0.5) is 8.78 Å². The van der Waals surface area contributed by atoms with Crippen molar-refractivity contribution in [3.8, 4) is 5.75 Å². The second-order valence-corrected chi connectivity index (χ2v) is 3.10. The number of hydrogen-bond acceptors (Lipinski definition) is 2. The normalized spacial score (nSPS) is 10.4. The molecule has 2 N–H and O–H groups in total. The van der Waals surface area contributed by atoms with Crippen LogP contribution in [0.25, 0.3) is 0 Å². The number of ether oxygens (including phenoxy) is 1. The summed E-state index contributed by atoms with van der Waals surface area (Å²) >= 11 is 5.56. The molecule has 0 heterocycles. The fraction of sp³-hybridized carbons (Fsp3) is 0.333. The van der Waals surface area contributed by atoms with Crippen molar-refractivity contribution in [2.24, 2.45) is 5.73 Å². The van der Waals surface area contributed by atoms with Crippen LogP contribution in [0.5, 0.6) is 5.75 Å². The third-order valence-electron chi connectivity index (χ3n) is 1.81. The number of hydrogen-bond donors (Lipinski definition) is 1. The molecule has 14 heavy (non-hydrogen) atoms. The van der Waals surface area contributed by atoms with E-state index in [0.29, 0.717) is 18.5 Å². The quantitative estimate of drug-likeness (QED) is 0.794. The number of halogens is 3. The van der Waals surface area contributed by atoms with Crippen molar-refractivity contribution in [2.45, 2.75) is 6.42 Å². The largest absolute Gasteiger partial charge is 0.495 e. The van der Waals surface area contributed by atoms with Crippen molar-refractivity contribution in [3.05, 3.63) is 28.3 Å². The maximum atomic E-state index is 13.0. The Kier molecular flexibility index (Phi) is 3.66. The molecule has 0 unspecified atom stereocenters. The molecular formula is C9H10ClF2NO. The number of nitrogens with two attached hydrogens (primary N) is 1. The summed E-state index contributed by atoms with van der Waals surface area (Å²) in [6, 6.07) is 1.05. The molecule has 0 aliphatic rings. The van der Waals surface area contributed by atoms with Crippen molar-refractivity contribution in [2.75, 3.05) is 13.7 Å². The Hall–Kier alpha value is -0.870. The predicted molar refractivity (Wildman–Crippen MR) is 50.7 cm³/mol. The standard InChI is InChI=1S/C9H10ClF2NO/c1-14-9-5(2-3-13)4-6(11)8(12)7(9)10/h4H,2-3,13H2,1H3. The van der Waals surface area contributed by atoms with Crippen molar-refractivity contribution in [1.29, 1.82) is 0 Å². The van der Waals surface area contributed by atoms with Gasteiger partial charge in [0.25, 0.3) is 0 Å². The monoisotopic (exact) mass is 221 g/mol. The highest BCUT2D eigenvalue weighted by Gasteiger charge is 2.16. The van der Waals surface area contributed by atoms with Crippen LogP contribution in [-0.4, -0.2) is 13.7 Å². The molecule has 1 aromatic carbocycles. The van der Waals surface area contributed by atoms with Crippen molar-refractivity contribution < 1.29 is 13.5 Å². The minimum absolute atomic E-state index is 0.149. The second kappa shape index (κ2) is 4.57. The summed E-state index contributed by atoms with van der Waals surface area (Å²) in [7, 11) is 1.35. The van der Waals surface area contributed by atoms with E-state index in [4.69, 9.17) is 22.1 Å². The van der Waals surface area contributed by atoms with Gasteiger partial charge in [0, 0.05) is 5.56 Å². The van der Waals surface area contributed by atoms with Crippen LogP contribution >= 0.6 is 11.6 Å². The number of rotatable bonds is 3. The van der Waals surface area contributed by atoms with Crippen LogP contribution < -0.4 is 10.5 Å². The molecule has 0 bridgehead atoms. The van der Waals surface area contributed by atoms with Gasteiger partial charge in [-0.2, -0.15) is 0 Å². The third kappa shape index (κ3) is 1.96. The molecule has 2 nitrogen and oxygen atoms in total. The molecule has 0 fully saturated rings. The van der Waals surface area contributed by atoms with Gasteiger partial charge in [0.2, 0.25) is 0 Å². The SMILES string of the molecule is COc1c(CCN)cc(F)c(F)c1Cl. The summed E-state index contributed by atoms with van der Waals surface area (Å²) in [4.78, 5) is 0. The molecular weight excluding hydrogens is 212 g/mol. The average Bonchev–Trinajstić information content (AvgIpc) is 2.16.